The molecular formula is C17H21ClN2OS. The zero-order valence-corrected chi connectivity index (χ0v) is 14.7. The van der Waals surface area contributed by atoms with Gasteiger partial charge in [-0.2, -0.15) is 0 Å². The van der Waals surface area contributed by atoms with Crippen molar-refractivity contribution in [1.29, 1.82) is 0 Å². The fourth-order valence-corrected chi connectivity index (χ4v) is 3.21. The Balaban J connectivity index is 1.84. The first-order valence-corrected chi connectivity index (χ1v) is 8.43. The summed E-state index contributed by atoms with van der Waals surface area (Å²) in [5, 5.41) is 2.99. The van der Waals surface area contributed by atoms with Crippen LogP contribution in [0.5, 0.6) is 0 Å². The molecule has 0 aliphatic carbocycles. The Morgan fingerprint density at radius 1 is 1.27 bits per heavy atom. The summed E-state index contributed by atoms with van der Waals surface area (Å²) in [4.78, 5) is 15.4. The molecule has 0 bridgehead atoms. The number of carbonyl (C=O) groups excluding carboxylic acids is 1. The van der Waals surface area contributed by atoms with E-state index in [0.29, 0.717) is 6.54 Å². The van der Waals surface area contributed by atoms with Crippen LogP contribution in [-0.2, 0) is 17.9 Å². The van der Waals surface area contributed by atoms with Crippen LogP contribution in [0.4, 0.5) is 0 Å². The lowest BCUT2D eigenvalue weighted by Crippen LogP contribution is -2.42. The van der Waals surface area contributed by atoms with Crippen molar-refractivity contribution in [2.75, 3.05) is 7.05 Å². The molecule has 1 N–H and O–H groups in total. The monoisotopic (exact) mass is 336 g/mol. The SMILES string of the molecule is Cc1ccc(CNC(=O)C(C)N(C)Cc2ccc(Cl)s2)cc1. The van der Waals surface area contributed by atoms with Crippen LogP contribution in [0.2, 0.25) is 4.34 Å². The van der Waals surface area contributed by atoms with E-state index < -0.39 is 0 Å². The van der Waals surface area contributed by atoms with Gasteiger partial charge in [0.15, 0.2) is 0 Å². The summed E-state index contributed by atoms with van der Waals surface area (Å²) in [6.45, 7) is 5.24. The summed E-state index contributed by atoms with van der Waals surface area (Å²) in [5.74, 6) is 0.0331. The number of rotatable bonds is 6. The van der Waals surface area contributed by atoms with Crippen LogP contribution in [-0.4, -0.2) is 23.9 Å². The van der Waals surface area contributed by atoms with Crippen LogP contribution in [0.15, 0.2) is 36.4 Å². The first-order valence-electron chi connectivity index (χ1n) is 7.23. The summed E-state index contributed by atoms with van der Waals surface area (Å²) in [6.07, 6.45) is 0. The molecule has 22 heavy (non-hydrogen) atoms. The van der Waals surface area contributed by atoms with Crippen LogP contribution in [0.1, 0.15) is 22.9 Å². The average molecular weight is 337 g/mol. The molecule has 1 amide bonds. The van der Waals surface area contributed by atoms with Crippen molar-refractivity contribution in [2.24, 2.45) is 0 Å². The number of benzene rings is 1. The Hall–Kier alpha value is -1.36. The van der Waals surface area contributed by atoms with Crippen LogP contribution >= 0.6 is 22.9 Å². The van der Waals surface area contributed by atoms with Gasteiger partial charge in [0.25, 0.3) is 0 Å². The van der Waals surface area contributed by atoms with Crippen molar-refractivity contribution in [1.82, 2.24) is 10.2 Å². The van der Waals surface area contributed by atoms with Gasteiger partial charge in [0.2, 0.25) is 5.91 Å². The minimum atomic E-state index is -0.189. The Bertz CT molecular complexity index is 624. The van der Waals surface area contributed by atoms with Crippen molar-refractivity contribution >= 4 is 28.8 Å². The maximum atomic E-state index is 12.2. The fourth-order valence-electron chi connectivity index (χ4n) is 2.06. The first kappa shape index (κ1) is 17.0. The second kappa shape index (κ2) is 7.77. The molecular weight excluding hydrogens is 316 g/mol. The predicted octanol–water partition coefficient (Wildman–Crippen LogP) is 3.85. The summed E-state index contributed by atoms with van der Waals surface area (Å²) < 4.78 is 0.778. The number of nitrogens with one attached hydrogen (secondary N) is 1. The number of likely N-dealkylation sites (N-methyl/N-ethyl adjacent to an activating group) is 1. The Labute approximate surface area is 140 Å². The van der Waals surface area contributed by atoms with Crippen molar-refractivity contribution in [3.05, 3.63) is 56.7 Å². The summed E-state index contributed by atoms with van der Waals surface area (Å²) in [7, 11) is 1.95. The van der Waals surface area contributed by atoms with Gasteiger partial charge in [-0.15, -0.1) is 11.3 Å². The Morgan fingerprint density at radius 2 is 1.95 bits per heavy atom. The van der Waals surface area contributed by atoms with E-state index in [2.05, 4.69) is 24.4 Å². The lowest BCUT2D eigenvalue weighted by molar-refractivity contribution is -0.125. The van der Waals surface area contributed by atoms with Crippen LogP contribution in [0.3, 0.4) is 0 Å². The smallest absolute Gasteiger partial charge is 0.237 e. The maximum absolute atomic E-state index is 12.2. The topological polar surface area (TPSA) is 32.3 Å². The van der Waals surface area contributed by atoms with Crippen molar-refractivity contribution in [3.63, 3.8) is 0 Å². The van der Waals surface area contributed by atoms with E-state index >= 15 is 0 Å². The highest BCUT2D eigenvalue weighted by Gasteiger charge is 2.18. The highest BCUT2D eigenvalue weighted by atomic mass is 35.5. The lowest BCUT2D eigenvalue weighted by atomic mass is 10.1. The van der Waals surface area contributed by atoms with Crippen molar-refractivity contribution in [2.45, 2.75) is 33.0 Å². The molecule has 118 valence electrons. The zero-order chi connectivity index (χ0) is 16.1. The molecule has 1 atom stereocenters. The average Bonchev–Trinajstić information content (AvgIpc) is 2.90. The number of hydrogen-bond donors (Lipinski definition) is 1. The molecule has 1 aromatic heterocycles. The third-order valence-electron chi connectivity index (χ3n) is 3.66. The standard InChI is InChI=1S/C17H21ClN2OS/c1-12-4-6-14(7-5-12)10-19-17(21)13(2)20(3)11-15-8-9-16(18)22-15/h4-9,13H,10-11H2,1-3H3,(H,19,21). The molecule has 2 aromatic rings. The van der Waals surface area contributed by atoms with Gasteiger partial charge in [-0.25, -0.2) is 0 Å². The highest BCUT2D eigenvalue weighted by Crippen LogP contribution is 2.22. The zero-order valence-electron chi connectivity index (χ0n) is 13.1. The van der Waals surface area contributed by atoms with Crippen LogP contribution in [0, 0.1) is 6.92 Å². The van der Waals surface area contributed by atoms with Gasteiger partial charge < -0.3 is 5.32 Å². The van der Waals surface area contributed by atoms with Gasteiger partial charge in [0.1, 0.15) is 0 Å². The molecule has 0 fully saturated rings. The Kier molecular flexibility index (Phi) is 6.00. The molecule has 1 heterocycles. The third kappa shape index (κ3) is 4.83. The van der Waals surface area contributed by atoms with Gasteiger partial charge in [-0.05, 0) is 38.6 Å². The third-order valence-corrected chi connectivity index (χ3v) is 4.88. The number of amides is 1. The lowest BCUT2D eigenvalue weighted by Gasteiger charge is -2.23. The van der Waals surface area contributed by atoms with Crippen LogP contribution < -0.4 is 5.32 Å². The minimum Gasteiger partial charge on any atom is -0.351 e. The van der Waals surface area contributed by atoms with E-state index in [-0.39, 0.29) is 11.9 Å². The molecule has 0 saturated heterocycles. The molecule has 1 aromatic carbocycles. The van der Waals surface area contributed by atoms with Gasteiger partial charge in [0.05, 0.1) is 10.4 Å². The van der Waals surface area contributed by atoms with Crippen LogP contribution in [0.25, 0.3) is 0 Å². The largest absolute Gasteiger partial charge is 0.351 e. The Morgan fingerprint density at radius 3 is 2.55 bits per heavy atom. The predicted molar refractivity (Wildman–Crippen MR) is 93.3 cm³/mol. The molecule has 0 aliphatic rings. The molecule has 0 saturated carbocycles. The van der Waals surface area contributed by atoms with Crippen molar-refractivity contribution < 1.29 is 4.79 Å². The summed E-state index contributed by atoms with van der Waals surface area (Å²) in [6, 6.07) is 11.9. The molecule has 1 unspecified atom stereocenters. The van der Waals surface area contributed by atoms with E-state index in [0.717, 1.165) is 21.3 Å². The molecule has 0 radical (unpaired) electrons. The summed E-state index contributed by atoms with van der Waals surface area (Å²) in [5.41, 5.74) is 2.33. The molecule has 0 aliphatic heterocycles. The van der Waals surface area contributed by atoms with E-state index in [1.165, 1.54) is 5.56 Å². The van der Waals surface area contributed by atoms with E-state index in [1.54, 1.807) is 11.3 Å². The number of nitrogens with zero attached hydrogens (tertiary/aromatic N) is 1. The number of hydrogen-bond acceptors (Lipinski definition) is 3. The van der Waals surface area contributed by atoms with Gasteiger partial charge in [-0.3, -0.25) is 9.69 Å². The molecule has 0 spiro atoms. The van der Waals surface area contributed by atoms with Gasteiger partial charge in [-0.1, -0.05) is 41.4 Å². The normalized spacial score (nSPS) is 12.4. The number of carbonyl (C=O) groups is 1. The maximum Gasteiger partial charge on any atom is 0.237 e. The number of halogens is 1. The second-order valence-electron chi connectivity index (χ2n) is 5.50. The summed E-state index contributed by atoms with van der Waals surface area (Å²) >= 11 is 7.48. The molecule has 5 heteroatoms. The molecule has 3 nitrogen and oxygen atoms in total. The quantitative estimate of drug-likeness (QED) is 0.869. The van der Waals surface area contributed by atoms with E-state index in [1.807, 2.05) is 43.1 Å². The molecule has 2 rings (SSSR count). The minimum absolute atomic E-state index is 0.0331. The van der Waals surface area contributed by atoms with Gasteiger partial charge in [0, 0.05) is 18.0 Å². The van der Waals surface area contributed by atoms with E-state index in [4.69, 9.17) is 11.6 Å². The highest BCUT2D eigenvalue weighted by molar-refractivity contribution is 7.16. The fraction of sp³-hybridized carbons (Fsp3) is 0.353. The number of aryl methyl sites for hydroxylation is 1. The van der Waals surface area contributed by atoms with Gasteiger partial charge >= 0.3 is 0 Å². The number of thiophene rings is 1. The second-order valence-corrected chi connectivity index (χ2v) is 7.30. The van der Waals surface area contributed by atoms with E-state index in [9.17, 15) is 4.79 Å². The first-order chi connectivity index (χ1) is 10.5. The van der Waals surface area contributed by atoms with Crippen molar-refractivity contribution in [3.8, 4) is 0 Å².